The van der Waals surface area contributed by atoms with Gasteiger partial charge in [0, 0.05) is 12.4 Å². The number of aromatic nitrogens is 1. The highest BCUT2D eigenvalue weighted by Crippen LogP contribution is 2.05. The van der Waals surface area contributed by atoms with E-state index < -0.39 is 17.6 Å². The van der Waals surface area contributed by atoms with Crippen molar-refractivity contribution in [2.45, 2.75) is 26.4 Å². The number of ether oxygens (including phenoxy) is 1. The van der Waals surface area contributed by atoms with Crippen molar-refractivity contribution < 1.29 is 14.3 Å². The zero-order valence-corrected chi connectivity index (χ0v) is 9.98. The zero-order chi connectivity index (χ0) is 12.9. The van der Waals surface area contributed by atoms with Gasteiger partial charge in [0.1, 0.15) is 5.60 Å². The van der Waals surface area contributed by atoms with Gasteiger partial charge in [0.25, 0.3) is 5.91 Å². The first kappa shape index (κ1) is 13.0. The van der Waals surface area contributed by atoms with Gasteiger partial charge in [0.05, 0.1) is 5.56 Å². The lowest BCUT2D eigenvalue weighted by atomic mass is 10.2. The molecule has 2 amide bonds. The van der Waals surface area contributed by atoms with E-state index in [0.29, 0.717) is 5.56 Å². The Morgan fingerprint density at radius 2 is 2.00 bits per heavy atom. The van der Waals surface area contributed by atoms with Crippen LogP contribution in [0.5, 0.6) is 0 Å². The number of nitrogens with zero attached hydrogens (tertiary/aromatic N) is 1. The summed E-state index contributed by atoms with van der Waals surface area (Å²) in [6, 6.07) is 3.21. The third-order valence-corrected chi connectivity index (χ3v) is 1.60. The molecule has 1 aromatic heterocycles. The molecule has 0 aromatic carbocycles. The van der Waals surface area contributed by atoms with Crippen molar-refractivity contribution in [3.63, 3.8) is 0 Å². The fourth-order valence-corrected chi connectivity index (χ4v) is 0.981. The summed E-state index contributed by atoms with van der Waals surface area (Å²) in [6.45, 7) is 5.19. The molecule has 0 atom stereocenters. The van der Waals surface area contributed by atoms with Gasteiger partial charge in [-0.3, -0.25) is 15.2 Å². The minimum absolute atomic E-state index is 0.351. The summed E-state index contributed by atoms with van der Waals surface area (Å²) in [5, 5.41) is 0. The van der Waals surface area contributed by atoms with E-state index in [0.717, 1.165) is 0 Å². The molecule has 92 valence electrons. The molecule has 2 N–H and O–H groups in total. The molecule has 0 saturated carbocycles. The highest BCUT2D eigenvalue weighted by atomic mass is 16.6. The van der Waals surface area contributed by atoms with Gasteiger partial charge < -0.3 is 4.74 Å². The first-order valence-corrected chi connectivity index (χ1v) is 5.08. The van der Waals surface area contributed by atoms with Crippen LogP contribution in [0.1, 0.15) is 31.1 Å². The summed E-state index contributed by atoms with van der Waals surface area (Å²) in [5.74, 6) is -0.455. The van der Waals surface area contributed by atoms with Crippen molar-refractivity contribution in [1.29, 1.82) is 0 Å². The molecule has 6 nitrogen and oxygen atoms in total. The van der Waals surface area contributed by atoms with Crippen molar-refractivity contribution in [1.82, 2.24) is 15.8 Å². The van der Waals surface area contributed by atoms with E-state index in [-0.39, 0.29) is 0 Å². The van der Waals surface area contributed by atoms with E-state index in [2.05, 4.69) is 15.8 Å². The molecule has 0 spiro atoms. The predicted molar refractivity (Wildman–Crippen MR) is 61.1 cm³/mol. The Balaban J connectivity index is 2.42. The van der Waals surface area contributed by atoms with Crippen LogP contribution in [0.4, 0.5) is 4.79 Å². The highest BCUT2D eigenvalue weighted by molar-refractivity contribution is 5.94. The maximum Gasteiger partial charge on any atom is 0.426 e. The topological polar surface area (TPSA) is 80.3 Å². The lowest BCUT2D eigenvalue weighted by Gasteiger charge is -2.19. The quantitative estimate of drug-likeness (QED) is 0.720. The maximum absolute atomic E-state index is 11.5. The van der Waals surface area contributed by atoms with E-state index in [1.807, 2.05) is 0 Å². The van der Waals surface area contributed by atoms with Gasteiger partial charge in [-0.25, -0.2) is 10.2 Å². The Morgan fingerprint density at radius 3 is 2.53 bits per heavy atom. The second kappa shape index (κ2) is 5.29. The van der Waals surface area contributed by atoms with E-state index >= 15 is 0 Å². The van der Waals surface area contributed by atoms with Gasteiger partial charge in [-0.15, -0.1) is 0 Å². The number of nitrogens with one attached hydrogen (secondary N) is 2. The van der Waals surface area contributed by atoms with Gasteiger partial charge >= 0.3 is 6.09 Å². The molecule has 0 bridgehead atoms. The van der Waals surface area contributed by atoms with Crippen LogP contribution in [-0.2, 0) is 4.74 Å². The largest absolute Gasteiger partial charge is 0.443 e. The molecule has 1 aromatic rings. The average Bonchev–Trinajstić information content (AvgIpc) is 2.25. The number of hydrogen-bond donors (Lipinski definition) is 2. The molecule has 0 saturated heterocycles. The number of rotatable bonds is 1. The van der Waals surface area contributed by atoms with Crippen LogP contribution in [0, 0.1) is 0 Å². The monoisotopic (exact) mass is 237 g/mol. The Labute approximate surface area is 99.3 Å². The van der Waals surface area contributed by atoms with E-state index in [1.54, 1.807) is 39.1 Å². The van der Waals surface area contributed by atoms with Crippen LogP contribution in [0.3, 0.4) is 0 Å². The Kier molecular flexibility index (Phi) is 4.03. The molecule has 0 unspecified atom stereocenters. The molecule has 6 heteroatoms. The first-order chi connectivity index (χ1) is 7.88. The van der Waals surface area contributed by atoms with Gasteiger partial charge in [0.15, 0.2) is 0 Å². The third kappa shape index (κ3) is 4.96. The standard InChI is InChI=1S/C11H15N3O3/c1-11(2,3)17-10(16)14-13-9(15)8-5-4-6-12-7-8/h4-7H,1-3H3,(H,13,15)(H,14,16). The number of hydrogen-bond acceptors (Lipinski definition) is 4. The predicted octanol–water partition coefficient (Wildman–Crippen LogP) is 1.25. The molecule has 1 heterocycles. The molecular weight excluding hydrogens is 222 g/mol. The summed E-state index contributed by atoms with van der Waals surface area (Å²) in [5.41, 5.74) is 4.11. The Hall–Kier alpha value is -2.11. The minimum Gasteiger partial charge on any atom is -0.443 e. The van der Waals surface area contributed by atoms with Crippen molar-refractivity contribution in [2.75, 3.05) is 0 Å². The summed E-state index contributed by atoms with van der Waals surface area (Å²) in [6.07, 6.45) is 2.24. The second-order valence-electron chi connectivity index (χ2n) is 4.32. The smallest absolute Gasteiger partial charge is 0.426 e. The summed E-state index contributed by atoms with van der Waals surface area (Å²) >= 11 is 0. The van der Waals surface area contributed by atoms with Crippen molar-refractivity contribution >= 4 is 12.0 Å². The van der Waals surface area contributed by atoms with Gasteiger partial charge in [-0.1, -0.05) is 0 Å². The molecule has 17 heavy (non-hydrogen) atoms. The average molecular weight is 237 g/mol. The summed E-state index contributed by atoms with van der Waals surface area (Å²) < 4.78 is 4.94. The molecule has 0 aliphatic heterocycles. The number of carbonyl (C=O) groups is 2. The Morgan fingerprint density at radius 1 is 1.29 bits per heavy atom. The number of amides is 2. The summed E-state index contributed by atoms with van der Waals surface area (Å²) in [7, 11) is 0. The number of pyridine rings is 1. The second-order valence-corrected chi connectivity index (χ2v) is 4.32. The van der Waals surface area contributed by atoms with E-state index in [1.165, 1.54) is 6.20 Å². The molecule has 0 radical (unpaired) electrons. The lowest BCUT2D eigenvalue weighted by Crippen LogP contribution is -2.44. The first-order valence-electron chi connectivity index (χ1n) is 5.08. The fraction of sp³-hybridized carbons (Fsp3) is 0.364. The molecule has 0 aliphatic carbocycles. The highest BCUT2D eigenvalue weighted by Gasteiger charge is 2.16. The molecule has 0 fully saturated rings. The van der Waals surface area contributed by atoms with Crippen LogP contribution in [0.25, 0.3) is 0 Å². The van der Waals surface area contributed by atoms with E-state index in [4.69, 9.17) is 4.74 Å². The van der Waals surface area contributed by atoms with Crippen molar-refractivity contribution in [2.24, 2.45) is 0 Å². The van der Waals surface area contributed by atoms with Gasteiger partial charge in [-0.05, 0) is 32.9 Å². The van der Waals surface area contributed by atoms with Crippen LogP contribution in [0.2, 0.25) is 0 Å². The number of carbonyl (C=O) groups excluding carboxylic acids is 2. The lowest BCUT2D eigenvalue weighted by molar-refractivity contribution is 0.0483. The van der Waals surface area contributed by atoms with Gasteiger partial charge in [-0.2, -0.15) is 0 Å². The summed E-state index contributed by atoms with van der Waals surface area (Å²) in [4.78, 5) is 26.5. The minimum atomic E-state index is -0.713. The van der Waals surface area contributed by atoms with Crippen LogP contribution in [-0.4, -0.2) is 22.6 Å². The SMILES string of the molecule is CC(C)(C)OC(=O)NNC(=O)c1cccnc1. The molecule has 1 rings (SSSR count). The van der Waals surface area contributed by atoms with Crippen molar-refractivity contribution in [3.05, 3.63) is 30.1 Å². The van der Waals surface area contributed by atoms with Crippen LogP contribution >= 0.6 is 0 Å². The third-order valence-electron chi connectivity index (χ3n) is 1.60. The van der Waals surface area contributed by atoms with E-state index in [9.17, 15) is 9.59 Å². The fourth-order valence-electron chi connectivity index (χ4n) is 0.981. The van der Waals surface area contributed by atoms with Gasteiger partial charge in [0.2, 0.25) is 0 Å². The number of hydrazine groups is 1. The van der Waals surface area contributed by atoms with Crippen molar-refractivity contribution in [3.8, 4) is 0 Å². The maximum atomic E-state index is 11.5. The normalized spacial score (nSPS) is 10.5. The molecular formula is C11H15N3O3. The van der Waals surface area contributed by atoms with Crippen LogP contribution < -0.4 is 10.9 Å². The zero-order valence-electron chi connectivity index (χ0n) is 9.98. The van der Waals surface area contributed by atoms with Crippen LogP contribution in [0.15, 0.2) is 24.5 Å². The molecule has 0 aliphatic rings. The Bertz CT molecular complexity index is 398.